The molecule has 0 aromatic heterocycles. The number of rotatable bonds is 6. The van der Waals surface area contributed by atoms with E-state index in [1.807, 2.05) is 18.2 Å². The first-order valence-corrected chi connectivity index (χ1v) is 7.27. The van der Waals surface area contributed by atoms with Crippen molar-refractivity contribution in [3.8, 4) is 5.75 Å². The van der Waals surface area contributed by atoms with Crippen molar-refractivity contribution in [1.29, 1.82) is 0 Å². The first kappa shape index (κ1) is 14.6. The van der Waals surface area contributed by atoms with Crippen LogP contribution in [0.5, 0.6) is 5.75 Å². The van der Waals surface area contributed by atoms with Crippen LogP contribution in [-0.2, 0) is 0 Å². The summed E-state index contributed by atoms with van der Waals surface area (Å²) < 4.78 is 5.44. The third-order valence-electron chi connectivity index (χ3n) is 4.09. The van der Waals surface area contributed by atoms with Crippen molar-refractivity contribution in [3.05, 3.63) is 28.8 Å². The first-order valence-electron chi connectivity index (χ1n) is 6.90. The Morgan fingerprint density at radius 3 is 2.74 bits per heavy atom. The maximum absolute atomic E-state index is 6.35. The summed E-state index contributed by atoms with van der Waals surface area (Å²) in [6.45, 7) is 1.62. The summed E-state index contributed by atoms with van der Waals surface area (Å²) >= 11 is 6.35. The highest BCUT2D eigenvalue weighted by molar-refractivity contribution is 6.31. The van der Waals surface area contributed by atoms with Crippen LogP contribution in [0.4, 0.5) is 0 Å². The number of hydrogen-bond acceptors (Lipinski definition) is 3. The van der Waals surface area contributed by atoms with E-state index in [0.717, 1.165) is 28.8 Å². The van der Waals surface area contributed by atoms with E-state index in [9.17, 15) is 0 Å². The quantitative estimate of drug-likeness (QED) is 0.871. The maximum atomic E-state index is 6.35. The zero-order chi connectivity index (χ0) is 13.8. The lowest BCUT2D eigenvalue weighted by molar-refractivity contribution is 0.163. The maximum Gasteiger partial charge on any atom is 0.125 e. The molecule has 2 N–H and O–H groups in total. The lowest BCUT2D eigenvalue weighted by Gasteiger charge is -2.35. The Bertz CT molecular complexity index is 421. The van der Waals surface area contributed by atoms with Gasteiger partial charge >= 0.3 is 0 Å². The van der Waals surface area contributed by atoms with Crippen LogP contribution in [0.25, 0.3) is 0 Å². The van der Waals surface area contributed by atoms with E-state index in [0.29, 0.717) is 6.54 Å². The van der Waals surface area contributed by atoms with Crippen LogP contribution in [0, 0.1) is 5.92 Å². The predicted molar refractivity (Wildman–Crippen MR) is 79.8 cm³/mol. The van der Waals surface area contributed by atoms with Crippen LogP contribution in [0.15, 0.2) is 18.2 Å². The summed E-state index contributed by atoms with van der Waals surface area (Å²) in [5, 5.41) is 0.732. The smallest absolute Gasteiger partial charge is 0.125 e. The van der Waals surface area contributed by atoms with Crippen LogP contribution in [-0.4, -0.2) is 32.1 Å². The fourth-order valence-electron chi connectivity index (χ4n) is 2.75. The molecule has 1 saturated carbocycles. The fourth-order valence-corrected chi connectivity index (χ4v) is 3.04. The number of halogens is 1. The molecule has 19 heavy (non-hydrogen) atoms. The number of nitrogens with two attached hydrogens (primary N) is 1. The van der Waals surface area contributed by atoms with Crippen molar-refractivity contribution in [2.45, 2.75) is 25.3 Å². The normalized spacial score (nSPS) is 17.3. The molecule has 0 amide bonds. The summed E-state index contributed by atoms with van der Waals surface area (Å²) in [5.74, 6) is 1.64. The summed E-state index contributed by atoms with van der Waals surface area (Å²) in [7, 11) is 3.80. The lowest BCUT2D eigenvalue weighted by atomic mass is 9.84. The van der Waals surface area contributed by atoms with Crippen molar-refractivity contribution >= 4 is 11.6 Å². The van der Waals surface area contributed by atoms with Gasteiger partial charge in [-0.05, 0) is 37.9 Å². The van der Waals surface area contributed by atoms with Gasteiger partial charge < -0.3 is 10.5 Å². The van der Waals surface area contributed by atoms with E-state index in [1.165, 1.54) is 19.3 Å². The van der Waals surface area contributed by atoms with Crippen LogP contribution in [0.3, 0.4) is 0 Å². The summed E-state index contributed by atoms with van der Waals surface area (Å²) in [4.78, 5) is 2.31. The molecular weight excluding hydrogens is 260 g/mol. The van der Waals surface area contributed by atoms with Gasteiger partial charge in [-0.15, -0.1) is 0 Å². The fraction of sp³-hybridized carbons (Fsp3) is 0.600. The molecule has 0 radical (unpaired) electrons. The minimum atomic E-state index is 0.115. The van der Waals surface area contributed by atoms with Crippen LogP contribution >= 0.6 is 11.6 Å². The Hall–Kier alpha value is -0.770. The Morgan fingerprint density at radius 2 is 2.21 bits per heavy atom. The predicted octanol–water partition coefficient (Wildman–Crippen LogP) is 3.08. The molecule has 1 aromatic rings. The number of hydrogen-bond donors (Lipinski definition) is 1. The van der Waals surface area contributed by atoms with Gasteiger partial charge in [0, 0.05) is 23.7 Å². The summed E-state index contributed by atoms with van der Waals surface area (Å²) in [5.41, 5.74) is 6.99. The number of methoxy groups -OCH3 is 1. The highest BCUT2D eigenvalue weighted by atomic mass is 35.5. The second kappa shape index (κ2) is 6.60. The SMILES string of the molecule is COc1cccc(Cl)c1C(CN)N(C)CC1CCC1. The first-order chi connectivity index (χ1) is 9.17. The Labute approximate surface area is 120 Å². The van der Waals surface area contributed by atoms with Crippen molar-refractivity contribution in [1.82, 2.24) is 4.90 Å². The topological polar surface area (TPSA) is 38.5 Å². The molecule has 1 unspecified atom stereocenters. The second-order valence-corrected chi connectivity index (χ2v) is 5.75. The zero-order valence-corrected chi connectivity index (χ0v) is 12.5. The van der Waals surface area contributed by atoms with E-state index in [4.69, 9.17) is 22.1 Å². The molecule has 1 aliphatic rings. The molecule has 1 atom stereocenters. The van der Waals surface area contributed by atoms with Gasteiger partial charge in [-0.2, -0.15) is 0 Å². The molecular formula is C15H23ClN2O. The number of nitrogens with zero attached hydrogens (tertiary/aromatic N) is 1. The molecule has 0 bridgehead atoms. The van der Waals surface area contributed by atoms with Crippen molar-refractivity contribution in [2.24, 2.45) is 11.7 Å². The van der Waals surface area contributed by atoms with Gasteiger partial charge in [0.15, 0.2) is 0 Å². The van der Waals surface area contributed by atoms with E-state index in [2.05, 4.69) is 11.9 Å². The van der Waals surface area contributed by atoms with Gasteiger partial charge in [0.05, 0.1) is 13.2 Å². The molecule has 1 aliphatic carbocycles. The lowest BCUT2D eigenvalue weighted by Crippen LogP contribution is -2.36. The molecule has 3 nitrogen and oxygen atoms in total. The van der Waals surface area contributed by atoms with Crippen molar-refractivity contribution in [3.63, 3.8) is 0 Å². The third kappa shape index (κ3) is 3.22. The highest BCUT2D eigenvalue weighted by Gasteiger charge is 2.26. The Morgan fingerprint density at radius 1 is 1.47 bits per heavy atom. The molecule has 0 aliphatic heterocycles. The van der Waals surface area contributed by atoms with Crippen LogP contribution in [0.1, 0.15) is 30.9 Å². The van der Waals surface area contributed by atoms with Gasteiger partial charge in [-0.1, -0.05) is 24.1 Å². The molecule has 2 rings (SSSR count). The van der Waals surface area contributed by atoms with Crippen molar-refractivity contribution < 1.29 is 4.74 Å². The molecule has 0 heterocycles. The Kier molecular flexibility index (Phi) is 5.08. The van der Waals surface area contributed by atoms with E-state index >= 15 is 0 Å². The van der Waals surface area contributed by atoms with Crippen molar-refractivity contribution in [2.75, 3.05) is 27.2 Å². The average molecular weight is 283 g/mol. The number of likely N-dealkylation sites (N-methyl/N-ethyl adjacent to an activating group) is 1. The van der Waals surface area contributed by atoms with Gasteiger partial charge in [0.2, 0.25) is 0 Å². The minimum absolute atomic E-state index is 0.115. The van der Waals surface area contributed by atoms with E-state index in [1.54, 1.807) is 7.11 Å². The summed E-state index contributed by atoms with van der Waals surface area (Å²) in [6.07, 6.45) is 4.03. The van der Waals surface area contributed by atoms with E-state index in [-0.39, 0.29) is 6.04 Å². The monoisotopic (exact) mass is 282 g/mol. The van der Waals surface area contributed by atoms with Gasteiger partial charge in [-0.25, -0.2) is 0 Å². The molecule has 1 fully saturated rings. The third-order valence-corrected chi connectivity index (χ3v) is 4.42. The molecule has 0 spiro atoms. The highest BCUT2D eigenvalue weighted by Crippen LogP contribution is 2.36. The molecule has 1 aromatic carbocycles. The largest absolute Gasteiger partial charge is 0.496 e. The molecule has 0 saturated heterocycles. The van der Waals surface area contributed by atoms with Gasteiger partial charge in [0.25, 0.3) is 0 Å². The zero-order valence-electron chi connectivity index (χ0n) is 11.7. The number of ether oxygens (including phenoxy) is 1. The Balaban J connectivity index is 2.20. The average Bonchev–Trinajstić information content (AvgIpc) is 2.36. The molecule has 106 valence electrons. The minimum Gasteiger partial charge on any atom is -0.496 e. The van der Waals surface area contributed by atoms with Gasteiger partial charge in [0.1, 0.15) is 5.75 Å². The van der Waals surface area contributed by atoms with Gasteiger partial charge in [-0.3, -0.25) is 4.90 Å². The second-order valence-electron chi connectivity index (χ2n) is 5.34. The molecule has 4 heteroatoms. The van der Waals surface area contributed by atoms with Crippen LogP contribution in [0.2, 0.25) is 5.02 Å². The standard InChI is InChI=1S/C15H23ClN2O/c1-18(10-11-5-3-6-11)13(9-17)15-12(16)7-4-8-14(15)19-2/h4,7-8,11,13H,3,5-6,9-10,17H2,1-2H3. The number of benzene rings is 1. The van der Waals surface area contributed by atoms with Crippen LogP contribution < -0.4 is 10.5 Å². The summed E-state index contributed by atoms with van der Waals surface area (Å²) in [6, 6.07) is 5.87. The van der Waals surface area contributed by atoms with E-state index < -0.39 is 0 Å².